The van der Waals surface area contributed by atoms with Crippen LogP contribution in [-0.4, -0.2) is 27.0 Å². The van der Waals surface area contributed by atoms with Crippen LogP contribution in [0, 0.1) is 0 Å². The number of carbonyl (C=O) groups excluding carboxylic acids is 1. The number of rotatable bonds is 5. The fraction of sp³-hybridized carbons (Fsp3) is 0.176. The Morgan fingerprint density at radius 2 is 1.71 bits per heavy atom. The minimum atomic E-state index is -0.0400. The summed E-state index contributed by atoms with van der Waals surface area (Å²) < 4.78 is 6.91. The van der Waals surface area contributed by atoms with Crippen LogP contribution in [0.2, 0.25) is 0 Å². The molecule has 0 saturated carbocycles. The number of anilines is 1. The van der Waals surface area contributed by atoms with E-state index >= 15 is 0 Å². The molecule has 0 amide bonds. The minimum absolute atomic E-state index is 0.0400. The van der Waals surface area contributed by atoms with Gasteiger partial charge in [0.25, 0.3) is 0 Å². The van der Waals surface area contributed by atoms with Gasteiger partial charge in [-0.15, -0.1) is 0 Å². The number of ketones is 1. The molecule has 0 aliphatic heterocycles. The van der Waals surface area contributed by atoms with Gasteiger partial charge in [0.1, 0.15) is 5.75 Å². The predicted octanol–water partition coefficient (Wildman–Crippen LogP) is 2.40. The molecular formula is C17H19N2O2+. The molecule has 0 spiro atoms. The number of hydrogen-bond acceptors (Lipinski definition) is 3. The van der Waals surface area contributed by atoms with Gasteiger partial charge in [-0.3, -0.25) is 4.79 Å². The van der Waals surface area contributed by atoms with E-state index in [2.05, 4.69) is 0 Å². The summed E-state index contributed by atoms with van der Waals surface area (Å²) in [6.45, 7) is 0. The van der Waals surface area contributed by atoms with Crippen LogP contribution in [0.15, 0.2) is 54.9 Å². The highest BCUT2D eigenvalue weighted by molar-refractivity contribution is 6.05. The van der Waals surface area contributed by atoms with Crippen molar-refractivity contribution in [3.05, 3.63) is 60.4 Å². The Labute approximate surface area is 124 Å². The van der Waals surface area contributed by atoms with Crippen molar-refractivity contribution < 1.29 is 14.1 Å². The molecule has 4 heteroatoms. The molecular weight excluding hydrogens is 264 g/mol. The van der Waals surface area contributed by atoms with Crippen molar-refractivity contribution in [3.63, 3.8) is 0 Å². The average molecular weight is 283 g/mol. The number of ether oxygens (including phenoxy) is 1. The molecule has 0 aliphatic carbocycles. The van der Waals surface area contributed by atoms with E-state index in [-0.39, 0.29) is 5.78 Å². The van der Waals surface area contributed by atoms with Crippen molar-refractivity contribution in [2.24, 2.45) is 0 Å². The van der Waals surface area contributed by atoms with Gasteiger partial charge < -0.3 is 9.64 Å². The first kappa shape index (κ1) is 14.8. The third-order valence-corrected chi connectivity index (χ3v) is 3.12. The van der Waals surface area contributed by atoms with Crippen LogP contribution in [0.25, 0.3) is 6.20 Å². The topological polar surface area (TPSA) is 33.4 Å². The molecule has 1 aromatic heterocycles. The van der Waals surface area contributed by atoms with Gasteiger partial charge in [0, 0.05) is 37.5 Å². The van der Waals surface area contributed by atoms with Crippen molar-refractivity contribution in [3.8, 4) is 5.75 Å². The number of aromatic nitrogens is 1. The van der Waals surface area contributed by atoms with E-state index in [0.29, 0.717) is 5.56 Å². The molecule has 0 saturated heterocycles. The third-order valence-electron chi connectivity index (χ3n) is 3.12. The summed E-state index contributed by atoms with van der Waals surface area (Å²) in [5, 5.41) is 0. The first-order chi connectivity index (χ1) is 10.1. The van der Waals surface area contributed by atoms with E-state index < -0.39 is 0 Å². The highest BCUT2D eigenvalue weighted by atomic mass is 16.5. The van der Waals surface area contributed by atoms with E-state index in [1.807, 2.05) is 48.1 Å². The summed E-state index contributed by atoms with van der Waals surface area (Å²) in [6, 6.07) is 11.0. The van der Waals surface area contributed by atoms with Crippen LogP contribution < -0.4 is 14.2 Å². The predicted molar refractivity (Wildman–Crippen MR) is 83.6 cm³/mol. The molecule has 108 valence electrons. The van der Waals surface area contributed by atoms with Crippen LogP contribution in [0.1, 0.15) is 10.4 Å². The van der Waals surface area contributed by atoms with Gasteiger partial charge in [-0.1, -0.05) is 0 Å². The molecule has 0 fully saturated rings. The van der Waals surface area contributed by atoms with E-state index in [1.54, 1.807) is 43.7 Å². The fourth-order valence-corrected chi connectivity index (χ4v) is 1.83. The SMILES string of the molecule is COc1ccc(C(=O)/C=C/[n+]2ccc(N(C)C)cc2)cc1. The number of carbonyl (C=O) groups is 1. The summed E-state index contributed by atoms with van der Waals surface area (Å²) in [6.07, 6.45) is 7.11. The summed E-state index contributed by atoms with van der Waals surface area (Å²) in [5.74, 6) is 0.700. The lowest BCUT2D eigenvalue weighted by molar-refractivity contribution is -0.568. The lowest BCUT2D eigenvalue weighted by Crippen LogP contribution is -2.25. The zero-order valence-electron chi connectivity index (χ0n) is 12.5. The molecule has 1 aromatic carbocycles. The molecule has 21 heavy (non-hydrogen) atoms. The monoisotopic (exact) mass is 283 g/mol. The number of nitrogens with zero attached hydrogens (tertiary/aromatic N) is 2. The van der Waals surface area contributed by atoms with Crippen molar-refractivity contribution in [1.29, 1.82) is 0 Å². The van der Waals surface area contributed by atoms with Crippen LogP contribution in [0.3, 0.4) is 0 Å². The van der Waals surface area contributed by atoms with Crippen LogP contribution >= 0.6 is 0 Å². The zero-order valence-corrected chi connectivity index (χ0v) is 12.5. The quantitative estimate of drug-likeness (QED) is 0.480. The maximum absolute atomic E-state index is 12.0. The molecule has 1 heterocycles. The molecule has 0 bridgehead atoms. The largest absolute Gasteiger partial charge is 0.497 e. The molecule has 0 atom stereocenters. The second kappa shape index (κ2) is 6.70. The second-order valence-corrected chi connectivity index (χ2v) is 4.81. The Morgan fingerprint density at radius 3 is 2.24 bits per heavy atom. The Balaban J connectivity index is 2.07. The number of hydrogen-bond donors (Lipinski definition) is 0. The third kappa shape index (κ3) is 3.92. The van der Waals surface area contributed by atoms with Gasteiger partial charge in [-0.2, -0.15) is 4.57 Å². The Hall–Kier alpha value is -2.62. The minimum Gasteiger partial charge on any atom is -0.497 e. The van der Waals surface area contributed by atoms with E-state index in [1.165, 1.54) is 0 Å². The zero-order chi connectivity index (χ0) is 15.2. The van der Waals surface area contributed by atoms with Crippen molar-refractivity contribution in [2.45, 2.75) is 0 Å². The normalized spacial score (nSPS) is 10.6. The van der Waals surface area contributed by atoms with E-state index in [4.69, 9.17) is 4.74 Å². The van der Waals surface area contributed by atoms with Gasteiger partial charge in [-0.25, -0.2) is 0 Å². The molecule has 2 aromatic rings. The number of benzene rings is 1. The Kier molecular flexibility index (Phi) is 4.72. The van der Waals surface area contributed by atoms with Gasteiger partial charge in [-0.05, 0) is 24.3 Å². The number of methoxy groups -OCH3 is 1. The van der Waals surface area contributed by atoms with Crippen LogP contribution in [-0.2, 0) is 0 Å². The van der Waals surface area contributed by atoms with E-state index in [9.17, 15) is 4.79 Å². The van der Waals surface area contributed by atoms with Crippen LogP contribution in [0.5, 0.6) is 5.75 Å². The highest BCUT2D eigenvalue weighted by Crippen LogP contribution is 2.12. The molecule has 0 unspecified atom stereocenters. The lowest BCUT2D eigenvalue weighted by Gasteiger charge is -2.09. The lowest BCUT2D eigenvalue weighted by atomic mass is 10.1. The molecule has 4 nitrogen and oxygen atoms in total. The van der Waals surface area contributed by atoms with E-state index in [0.717, 1.165) is 11.4 Å². The number of allylic oxidation sites excluding steroid dienone is 1. The van der Waals surface area contributed by atoms with Crippen molar-refractivity contribution >= 4 is 17.7 Å². The number of pyridine rings is 1. The molecule has 2 rings (SSSR count). The summed E-state index contributed by atoms with van der Waals surface area (Å²) in [5.41, 5.74) is 1.75. The average Bonchev–Trinajstić information content (AvgIpc) is 2.53. The maximum Gasteiger partial charge on any atom is 0.191 e. The smallest absolute Gasteiger partial charge is 0.191 e. The summed E-state index contributed by atoms with van der Waals surface area (Å²) in [4.78, 5) is 14.1. The Bertz CT molecular complexity index is 629. The molecule has 0 aliphatic rings. The van der Waals surface area contributed by atoms with Crippen molar-refractivity contribution in [2.75, 3.05) is 26.1 Å². The standard InChI is InChI=1S/C17H19N2O2/c1-18(2)15-8-11-19(12-9-15)13-10-17(20)14-4-6-16(21-3)7-5-14/h4-13H,1-3H3/q+1/b13-10+. The highest BCUT2D eigenvalue weighted by Gasteiger charge is 2.04. The Morgan fingerprint density at radius 1 is 1.10 bits per heavy atom. The summed E-state index contributed by atoms with van der Waals surface area (Å²) in [7, 11) is 5.58. The second-order valence-electron chi connectivity index (χ2n) is 4.81. The van der Waals surface area contributed by atoms with Gasteiger partial charge in [0.15, 0.2) is 24.4 Å². The van der Waals surface area contributed by atoms with Gasteiger partial charge in [0.2, 0.25) is 0 Å². The first-order valence-corrected chi connectivity index (χ1v) is 6.65. The fourth-order valence-electron chi connectivity index (χ4n) is 1.83. The maximum atomic E-state index is 12.0. The molecule has 0 N–H and O–H groups in total. The van der Waals surface area contributed by atoms with Crippen molar-refractivity contribution in [1.82, 2.24) is 0 Å². The van der Waals surface area contributed by atoms with Gasteiger partial charge >= 0.3 is 0 Å². The molecule has 0 radical (unpaired) electrons. The van der Waals surface area contributed by atoms with Gasteiger partial charge in [0.05, 0.1) is 13.2 Å². The van der Waals surface area contributed by atoms with Crippen LogP contribution in [0.4, 0.5) is 5.69 Å². The summed E-state index contributed by atoms with van der Waals surface area (Å²) >= 11 is 0. The first-order valence-electron chi connectivity index (χ1n) is 6.65.